The minimum atomic E-state index is -0.768. The van der Waals surface area contributed by atoms with Gasteiger partial charge in [0.05, 0.1) is 6.61 Å². The molecule has 3 nitrogen and oxygen atoms in total. The maximum atomic E-state index is 14.0. The minimum absolute atomic E-state index is 0.234. The Morgan fingerprint density at radius 1 is 1.14 bits per heavy atom. The van der Waals surface area contributed by atoms with Crippen molar-refractivity contribution in [2.24, 2.45) is 0 Å². The summed E-state index contributed by atoms with van der Waals surface area (Å²) in [4.78, 5) is 0. The van der Waals surface area contributed by atoms with Gasteiger partial charge in [0.2, 0.25) is 0 Å². The highest BCUT2D eigenvalue weighted by molar-refractivity contribution is 5.39. The molecule has 0 bridgehead atoms. The fourth-order valence-corrected chi connectivity index (χ4v) is 1.93. The second-order valence-electron chi connectivity index (χ2n) is 4.54. The molecular weight excluding hydrogens is 276 g/mol. The number of halogens is 2. The quantitative estimate of drug-likeness (QED) is 0.858. The van der Waals surface area contributed by atoms with Crippen LogP contribution in [0.3, 0.4) is 0 Å². The van der Waals surface area contributed by atoms with E-state index in [2.05, 4.69) is 5.32 Å². The molecule has 112 valence electrons. The van der Waals surface area contributed by atoms with Crippen molar-refractivity contribution in [3.63, 3.8) is 0 Å². The van der Waals surface area contributed by atoms with Gasteiger partial charge in [-0.3, -0.25) is 0 Å². The standard InChI is InChI=1S/C16H17F2NO2/c1-2-19-9-11-7-13(17)16(14(18)8-11)21-15-6-4-3-5-12(15)10-20/h3-8,19-20H,2,9-10H2,1H3. The summed E-state index contributed by atoms with van der Waals surface area (Å²) in [7, 11) is 0. The molecule has 0 amide bonds. The van der Waals surface area contributed by atoms with Crippen LogP contribution in [0.25, 0.3) is 0 Å². The van der Waals surface area contributed by atoms with E-state index in [1.165, 1.54) is 12.1 Å². The second kappa shape index (κ2) is 7.15. The lowest BCUT2D eigenvalue weighted by Crippen LogP contribution is -2.12. The molecule has 0 aromatic heterocycles. The third-order valence-electron chi connectivity index (χ3n) is 2.99. The molecule has 21 heavy (non-hydrogen) atoms. The SMILES string of the molecule is CCNCc1cc(F)c(Oc2ccccc2CO)c(F)c1. The molecule has 0 heterocycles. The molecule has 0 spiro atoms. The van der Waals surface area contributed by atoms with Gasteiger partial charge in [-0.1, -0.05) is 25.1 Å². The lowest BCUT2D eigenvalue weighted by molar-refractivity contribution is 0.275. The normalized spacial score (nSPS) is 10.7. The first-order valence-corrected chi connectivity index (χ1v) is 6.71. The van der Waals surface area contributed by atoms with Crippen molar-refractivity contribution >= 4 is 0 Å². The second-order valence-corrected chi connectivity index (χ2v) is 4.54. The van der Waals surface area contributed by atoms with Crippen LogP contribution in [0.15, 0.2) is 36.4 Å². The molecule has 0 aliphatic carbocycles. The van der Waals surface area contributed by atoms with Crippen LogP contribution in [-0.4, -0.2) is 11.7 Å². The highest BCUT2D eigenvalue weighted by Gasteiger charge is 2.15. The highest BCUT2D eigenvalue weighted by atomic mass is 19.1. The number of benzene rings is 2. The first-order chi connectivity index (χ1) is 10.2. The monoisotopic (exact) mass is 293 g/mol. The number of nitrogens with one attached hydrogen (secondary N) is 1. The lowest BCUT2D eigenvalue weighted by Gasteiger charge is -2.12. The fourth-order valence-electron chi connectivity index (χ4n) is 1.93. The summed E-state index contributed by atoms with van der Waals surface area (Å²) in [6.07, 6.45) is 0. The van der Waals surface area contributed by atoms with E-state index >= 15 is 0 Å². The van der Waals surface area contributed by atoms with Crippen LogP contribution >= 0.6 is 0 Å². The average molecular weight is 293 g/mol. The molecule has 0 saturated heterocycles. The van der Waals surface area contributed by atoms with Gasteiger partial charge in [0.15, 0.2) is 17.4 Å². The van der Waals surface area contributed by atoms with E-state index in [1.54, 1.807) is 24.3 Å². The van der Waals surface area contributed by atoms with Gasteiger partial charge >= 0.3 is 0 Å². The van der Waals surface area contributed by atoms with Crippen LogP contribution in [-0.2, 0) is 13.2 Å². The van der Waals surface area contributed by atoms with Crippen molar-refractivity contribution in [1.29, 1.82) is 0 Å². The van der Waals surface area contributed by atoms with Crippen molar-refractivity contribution in [2.75, 3.05) is 6.54 Å². The minimum Gasteiger partial charge on any atom is -0.451 e. The van der Waals surface area contributed by atoms with Crippen molar-refractivity contribution in [1.82, 2.24) is 5.32 Å². The van der Waals surface area contributed by atoms with E-state index in [9.17, 15) is 13.9 Å². The smallest absolute Gasteiger partial charge is 0.198 e. The Morgan fingerprint density at radius 3 is 2.43 bits per heavy atom. The number of para-hydroxylation sites is 1. The van der Waals surface area contributed by atoms with Crippen molar-refractivity contribution in [3.8, 4) is 11.5 Å². The number of hydrogen-bond donors (Lipinski definition) is 2. The maximum Gasteiger partial charge on any atom is 0.198 e. The lowest BCUT2D eigenvalue weighted by atomic mass is 10.2. The molecule has 2 rings (SSSR count). The van der Waals surface area contributed by atoms with E-state index in [4.69, 9.17) is 4.74 Å². The molecule has 2 aromatic carbocycles. The predicted molar refractivity (Wildman–Crippen MR) is 76.2 cm³/mol. The van der Waals surface area contributed by atoms with Gasteiger partial charge in [-0.05, 0) is 30.3 Å². The summed E-state index contributed by atoms with van der Waals surface area (Å²) >= 11 is 0. The predicted octanol–water partition coefficient (Wildman–Crippen LogP) is 3.36. The Morgan fingerprint density at radius 2 is 1.81 bits per heavy atom. The molecule has 2 N–H and O–H groups in total. The number of aliphatic hydroxyl groups is 1. The van der Waals surface area contributed by atoms with Gasteiger partial charge in [-0.2, -0.15) is 0 Å². The zero-order chi connectivity index (χ0) is 15.2. The van der Waals surface area contributed by atoms with Gasteiger partial charge in [-0.25, -0.2) is 8.78 Å². The summed E-state index contributed by atoms with van der Waals surface area (Å²) < 4.78 is 33.3. The Kier molecular flexibility index (Phi) is 5.25. The molecule has 0 aliphatic rings. The molecule has 0 atom stereocenters. The third-order valence-corrected chi connectivity index (χ3v) is 2.99. The first kappa shape index (κ1) is 15.4. The van der Waals surface area contributed by atoms with Gasteiger partial charge in [-0.15, -0.1) is 0 Å². The molecular formula is C16H17F2NO2. The van der Waals surface area contributed by atoms with Crippen LogP contribution in [0.2, 0.25) is 0 Å². The summed E-state index contributed by atoms with van der Waals surface area (Å²) in [5, 5.41) is 12.2. The Bertz CT molecular complexity index is 594. The molecule has 0 unspecified atom stereocenters. The first-order valence-electron chi connectivity index (χ1n) is 6.71. The summed E-state index contributed by atoms with van der Waals surface area (Å²) in [6, 6.07) is 9.04. The molecule has 0 radical (unpaired) electrons. The molecule has 0 saturated carbocycles. The zero-order valence-corrected chi connectivity index (χ0v) is 11.7. The molecule has 0 fully saturated rings. The van der Waals surface area contributed by atoms with Crippen LogP contribution in [0, 0.1) is 11.6 Å². The summed E-state index contributed by atoms with van der Waals surface area (Å²) in [5.74, 6) is -1.76. The topological polar surface area (TPSA) is 41.5 Å². The zero-order valence-electron chi connectivity index (χ0n) is 11.7. The van der Waals surface area contributed by atoms with E-state index in [-0.39, 0.29) is 12.4 Å². The van der Waals surface area contributed by atoms with E-state index < -0.39 is 17.4 Å². The number of ether oxygens (including phenoxy) is 1. The Labute approximate surface area is 122 Å². The summed E-state index contributed by atoms with van der Waals surface area (Å²) in [6.45, 7) is 2.75. The molecule has 2 aromatic rings. The van der Waals surface area contributed by atoms with Gasteiger partial charge in [0.1, 0.15) is 5.75 Å². The number of hydrogen-bond acceptors (Lipinski definition) is 3. The maximum absolute atomic E-state index is 14.0. The van der Waals surface area contributed by atoms with Crippen molar-refractivity contribution in [3.05, 3.63) is 59.2 Å². The average Bonchev–Trinajstić information content (AvgIpc) is 2.49. The number of rotatable bonds is 6. The van der Waals surface area contributed by atoms with Crippen LogP contribution in [0.5, 0.6) is 11.5 Å². The van der Waals surface area contributed by atoms with E-state index in [0.29, 0.717) is 24.2 Å². The summed E-state index contributed by atoms with van der Waals surface area (Å²) in [5.41, 5.74) is 0.975. The van der Waals surface area contributed by atoms with Crippen molar-refractivity contribution < 1.29 is 18.6 Å². The van der Waals surface area contributed by atoms with Crippen LogP contribution in [0.4, 0.5) is 8.78 Å². The van der Waals surface area contributed by atoms with E-state index in [1.807, 2.05) is 6.92 Å². The Hall–Kier alpha value is -1.98. The van der Waals surface area contributed by atoms with E-state index in [0.717, 1.165) is 0 Å². The third kappa shape index (κ3) is 3.77. The van der Waals surface area contributed by atoms with Gasteiger partial charge in [0, 0.05) is 12.1 Å². The highest BCUT2D eigenvalue weighted by Crippen LogP contribution is 2.30. The van der Waals surface area contributed by atoms with Crippen LogP contribution < -0.4 is 10.1 Å². The van der Waals surface area contributed by atoms with Gasteiger partial charge in [0.25, 0.3) is 0 Å². The van der Waals surface area contributed by atoms with Gasteiger partial charge < -0.3 is 15.2 Å². The largest absolute Gasteiger partial charge is 0.451 e. The van der Waals surface area contributed by atoms with Crippen LogP contribution in [0.1, 0.15) is 18.1 Å². The molecule has 5 heteroatoms. The molecule has 0 aliphatic heterocycles. The number of aliphatic hydroxyl groups excluding tert-OH is 1. The fraction of sp³-hybridized carbons (Fsp3) is 0.250. The Balaban J connectivity index is 2.28. The van der Waals surface area contributed by atoms with Crippen molar-refractivity contribution in [2.45, 2.75) is 20.1 Å².